The van der Waals surface area contributed by atoms with Crippen molar-refractivity contribution < 1.29 is 14.3 Å². The molecule has 1 N–H and O–H groups in total. The molecule has 17 heavy (non-hydrogen) atoms. The molecule has 1 aliphatic heterocycles. The van der Waals surface area contributed by atoms with Gasteiger partial charge in [0.1, 0.15) is 5.82 Å². The maximum absolute atomic E-state index is 12.9. The number of benzene rings is 1. The van der Waals surface area contributed by atoms with Crippen LogP contribution >= 0.6 is 0 Å². The average Bonchev–Trinajstić information content (AvgIpc) is 2.29. The van der Waals surface area contributed by atoms with Gasteiger partial charge in [-0.25, -0.2) is 4.39 Å². The minimum atomic E-state index is -0.757. The number of halogens is 1. The second kappa shape index (κ2) is 4.84. The van der Waals surface area contributed by atoms with E-state index in [4.69, 9.17) is 0 Å². The highest BCUT2D eigenvalue weighted by atomic mass is 19.1. The maximum Gasteiger partial charge on any atom is 0.307 e. The van der Waals surface area contributed by atoms with Crippen molar-refractivity contribution in [2.75, 3.05) is 20.1 Å². The molecule has 0 saturated carbocycles. The Labute approximate surface area is 99.9 Å². The van der Waals surface area contributed by atoms with E-state index in [2.05, 4.69) is 4.90 Å². The van der Waals surface area contributed by atoms with Crippen LogP contribution in [0, 0.1) is 11.7 Å². The van der Waals surface area contributed by atoms with Gasteiger partial charge in [0.05, 0.1) is 5.92 Å². The lowest BCUT2D eigenvalue weighted by Crippen LogP contribution is -2.39. The lowest BCUT2D eigenvalue weighted by Gasteiger charge is -2.34. The highest BCUT2D eigenvalue weighted by molar-refractivity contribution is 5.71. The fourth-order valence-electron chi connectivity index (χ4n) is 2.46. The zero-order valence-corrected chi connectivity index (χ0v) is 9.77. The van der Waals surface area contributed by atoms with Gasteiger partial charge in [-0.05, 0) is 37.7 Å². The Morgan fingerprint density at radius 1 is 1.41 bits per heavy atom. The van der Waals surface area contributed by atoms with Gasteiger partial charge in [-0.15, -0.1) is 0 Å². The van der Waals surface area contributed by atoms with E-state index < -0.39 is 5.97 Å². The van der Waals surface area contributed by atoms with E-state index in [-0.39, 0.29) is 17.7 Å². The summed E-state index contributed by atoms with van der Waals surface area (Å²) in [5, 5.41) is 9.22. The summed E-state index contributed by atoms with van der Waals surface area (Å²) in [6.07, 6.45) is 0.647. The molecule has 0 bridgehead atoms. The Morgan fingerprint density at radius 3 is 2.65 bits per heavy atom. The normalized spacial score (nSPS) is 25.8. The van der Waals surface area contributed by atoms with E-state index in [9.17, 15) is 14.3 Å². The number of rotatable bonds is 2. The monoisotopic (exact) mass is 237 g/mol. The fourth-order valence-corrected chi connectivity index (χ4v) is 2.46. The summed E-state index contributed by atoms with van der Waals surface area (Å²) in [6.45, 7) is 1.51. The summed E-state index contributed by atoms with van der Waals surface area (Å²) < 4.78 is 12.9. The number of hydrogen-bond acceptors (Lipinski definition) is 2. The molecule has 0 spiro atoms. The maximum atomic E-state index is 12.9. The van der Waals surface area contributed by atoms with Crippen LogP contribution in [0.3, 0.4) is 0 Å². The fraction of sp³-hybridized carbons (Fsp3) is 0.462. The molecule has 92 valence electrons. The average molecular weight is 237 g/mol. The molecule has 1 aromatic rings. The van der Waals surface area contributed by atoms with E-state index in [1.54, 1.807) is 12.1 Å². The second-order valence-electron chi connectivity index (χ2n) is 4.65. The van der Waals surface area contributed by atoms with E-state index in [1.807, 2.05) is 7.05 Å². The first kappa shape index (κ1) is 12.0. The predicted octanol–water partition coefficient (Wildman–Crippen LogP) is 1.95. The molecule has 1 aromatic carbocycles. The molecule has 4 heteroatoms. The predicted molar refractivity (Wildman–Crippen MR) is 62.4 cm³/mol. The Kier molecular flexibility index (Phi) is 3.43. The Balaban J connectivity index is 2.25. The third-order valence-electron chi connectivity index (χ3n) is 3.43. The molecule has 2 rings (SSSR count). The van der Waals surface area contributed by atoms with Crippen molar-refractivity contribution >= 4 is 5.97 Å². The molecule has 1 unspecified atom stereocenters. The van der Waals surface area contributed by atoms with E-state index in [0.717, 1.165) is 12.1 Å². The largest absolute Gasteiger partial charge is 0.481 e. The summed E-state index contributed by atoms with van der Waals surface area (Å²) in [6, 6.07) is 6.16. The van der Waals surface area contributed by atoms with Crippen LogP contribution in [-0.4, -0.2) is 36.1 Å². The molecular formula is C13H16FNO2. The highest BCUT2D eigenvalue weighted by Gasteiger charge is 2.33. The third-order valence-corrected chi connectivity index (χ3v) is 3.43. The molecule has 1 fully saturated rings. The first-order chi connectivity index (χ1) is 8.08. The molecule has 1 saturated heterocycles. The SMILES string of the molecule is CN1CCC(C(=O)O)[C@H](c2ccc(F)cc2)C1. The van der Waals surface area contributed by atoms with Gasteiger partial charge < -0.3 is 10.0 Å². The van der Waals surface area contributed by atoms with Gasteiger partial charge >= 0.3 is 5.97 Å². The molecular weight excluding hydrogens is 221 g/mol. The number of aliphatic carboxylic acids is 1. The standard InChI is InChI=1S/C13H16FNO2/c1-15-7-6-11(13(16)17)12(8-15)9-2-4-10(14)5-3-9/h2-5,11-12H,6-8H2,1H3,(H,16,17)/t11?,12-/m0/s1. The number of piperidine rings is 1. The number of likely N-dealkylation sites (N-methyl/N-ethyl adjacent to an activating group) is 1. The minimum absolute atomic E-state index is 0.0492. The highest BCUT2D eigenvalue weighted by Crippen LogP contribution is 2.32. The van der Waals surface area contributed by atoms with Gasteiger partial charge in [0, 0.05) is 12.5 Å². The van der Waals surface area contributed by atoms with Crippen LogP contribution in [0.5, 0.6) is 0 Å². The molecule has 1 aliphatic rings. The van der Waals surface area contributed by atoms with E-state index >= 15 is 0 Å². The van der Waals surface area contributed by atoms with Crippen LogP contribution in [-0.2, 0) is 4.79 Å². The zero-order chi connectivity index (χ0) is 12.4. The number of hydrogen-bond donors (Lipinski definition) is 1. The topological polar surface area (TPSA) is 40.5 Å². The van der Waals surface area contributed by atoms with Crippen molar-refractivity contribution in [2.24, 2.45) is 5.92 Å². The number of carbonyl (C=O) groups is 1. The molecule has 0 aliphatic carbocycles. The van der Waals surface area contributed by atoms with Crippen LogP contribution in [0.15, 0.2) is 24.3 Å². The first-order valence-corrected chi connectivity index (χ1v) is 5.74. The van der Waals surface area contributed by atoms with Crippen molar-refractivity contribution in [2.45, 2.75) is 12.3 Å². The summed E-state index contributed by atoms with van der Waals surface area (Å²) in [4.78, 5) is 13.3. The van der Waals surface area contributed by atoms with Crippen LogP contribution in [0.1, 0.15) is 17.9 Å². The van der Waals surface area contributed by atoms with Crippen molar-refractivity contribution in [1.82, 2.24) is 4.90 Å². The second-order valence-corrected chi connectivity index (χ2v) is 4.65. The number of likely N-dealkylation sites (tertiary alicyclic amines) is 1. The molecule has 0 radical (unpaired) electrons. The molecule has 1 heterocycles. The number of carboxylic acid groups (broad SMARTS) is 1. The summed E-state index contributed by atoms with van der Waals surface area (Å²) in [7, 11) is 1.98. The van der Waals surface area contributed by atoms with Gasteiger partial charge in [-0.3, -0.25) is 4.79 Å². The Hall–Kier alpha value is -1.42. The van der Waals surface area contributed by atoms with Crippen molar-refractivity contribution in [3.63, 3.8) is 0 Å². The number of nitrogens with zero attached hydrogens (tertiary/aromatic N) is 1. The van der Waals surface area contributed by atoms with Gasteiger partial charge in [-0.2, -0.15) is 0 Å². The van der Waals surface area contributed by atoms with Gasteiger partial charge in [-0.1, -0.05) is 12.1 Å². The lowest BCUT2D eigenvalue weighted by atomic mass is 9.81. The summed E-state index contributed by atoms with van der Waals surface area (Å²) >= 11 is 0. The molecule has 2 atom stereocenters. The molecule has 0 aromatic heterocycles. The van der Waals surface area contributed by atoms with E-state index in [0.29, 0.717) is 13.0 Å². The smallest absolute Gasteiger partial charge is 0.307 e. The summed E-state index contributed by atoms with van der Waals surface area (Å²) in [5.74, 6) is -1.46. The van der Waals surface area contributed by atoms with Gasteiger partial charge in [0.15, 0.2) is 0 Å². The number of carboxylic acids is 1. The van der Waals surface area contributed by atoms with Gasteiger partial charge in [0.25, 0.3) is 0 Å². The van der Waals surface area contributed by atoms with Crippen molar-refractivity contribution in [1.29, 1.82) is 0 Å². The molecule has 3 nitrogen and oxygen atoms in total. The minimum Gasteiger partial charge on any atom is -0.481 e. The Morgan fingerprint density at radius 2 is 2.06 bits per heavy atom. The lowest BCUT2D eigenvalue weighted by molar-refractivity contribution is -0.144. The van der Waals surface area contributed by atoms with Crippen molar-refractivity contribution in [3.8, 4) is 0 Å². The quantitative estimate of drug-likeness (QED) is 0.854. The Bertz CT molecular complexity index is 404. The third kappa shape index (κ3) is 2.64. The van der Waals surface area contributed by atoms with E-state index in [1.165, 1.54) is 12.1 Å². The van der Waals surface area contributed by atoms with Crippen molar-refractivity contribution in [3.05, 3.63) is 35.6 Å². The van der Waals surface area contributed by atoms with Crippen LogP contribution < -0.4 is 0 Å². The van der Waals surface area contributed by atoms with Crippen LogP contribution in [0.25, 0.3) is 0 Å². The molecule has 0 amide bonds. The summed E-state index contributed by atoms with van der Waals surface area (Å²) in [5.41, 5.74) is 0.908. The van der Waals surface area contributed by atoms with Crippen LogP contribution in [0.2, 0.25) is 0 Å². The van der Waals surface area contributed by atoms with Crippen LogP contribution in [0.4, 0.5) is 4.39 Å². The first-order valence-electron chi connectivity index (χ1n) is 5.74. The zero-order valence-electron chi connectivity index (χ0n) is 9.77. The van der Waals surface area contributed by atoms with Gasteiger partial charge in [0.2, 0.25) is 0 Å².